The molecule has 0 spiro atoms. The Morgan fingerprint density at radius 3 is 0.803 bits per heavy atom. The maximum absolute atomic E-state index is 12.8. The molecule has 0 saturated heterocycles. The number of rotatable bonds is 49. The molecule has 6 nitrogen and oxygen atoms in total. The fourth-order valence-corrected chi connectivity index (χ4v) is 8.34. The highest BCUT2D eigenvalue weighted by Gasteiger charge is 2.19. The van der Waals surface area contributed by atoms with Gasteiger partial charge in [-0.3, -0.25) is 14.4 Å². The minimum absolute atomic E-state index is 0.0636. The van der Waals surface area contributed by atoms with Crippen LogP contribution in [-0.4, -0.2) is 37.2 Å². The third-order valence-electron chi connectivity index (χ3n) is 12.5. The van der Waals surface area contributed by atoms with Crippen molar-refractivity contribution in [2.45, 2.75) is 310 Å². The normalized spacial score (nSPS) is 12.0. The highest BCUT2D eigenvalue weighted by Crippen LogP contribution is 2.18. The fourth-order valence-electron chi connectivity index (χ4n) is 8.34. The van der Waals surface area contributed by atoms with E-state index in [4.69, 9.17) is 14.2 Å². The topological polar surface area (TPSA) is 78.9 Å². The molecule has 0 bridgehead atoms. The van der Waals surface area contributed by atoms with Gasteiger partial charge in [-0.1, -0.05) is 266 Å². The Morgan fingerprint density at radius 1 is 0.311 bits per heavy atom. The van der Waals surface area contributed by atoms with E-state index in [0.29, 0.717) is 19.3 Å². The molecule has 0 aliphatic carbocycles. The molecular formula is C55H106O6. The molecule has 0 rings (SSSR count). The first-order valence-corrected chi connectivity index (χ1v) is 27.2. The van der Waals surface area contributed by atoms with Crippen LogP contribution in [0.4, 0.5) is 0 Å². The Bertz CT molecular complexity index is 931. The predicted molar refractivity (Wildman–Crippen MR) is 261 cm³/mol. The predicted octanol–water partition coefficient (Wildman–Crippen LogP) is 17.7. The van der Waals surface area contributed by atoms with Crippen LogP contribution in [0.1, 0.15) is 304 Å². The van der Waals surface area contributed by atoms with Crippen molar-refractivity contribution in [3.63, 3.8) is 0 Å². The van der Waals surface area contributed by atoms with E-state index in [-0.39, 0.29) is 31.1 Å². The van der Waals surface area contributed by atoms with E-state index in [9.17, 15) is 14.4 Å². The van der Waals surface area contributed by atoms with Gasteiger partial charge < -0.3 is 14.2 Å². The molecule has 0 aromatic rings. The van der Waals surface area contributed by atoms with E-state index in [0.717, 1.165) is 69.6 Å². The van der Waals surface area contributed by atoms with Gasteiger partial charge in [0, 0.05) is 19.3 Å². The van der Waals surface area contributed by atoms with Crippen LogP contribution >= 0.6 is 0 Å². The Hall–Kier alpha value is -1.59. The zero-order valence-electron chi connectivity index (χ0n) is 41.8. The summed E-state index contributed by atoms with van der Waals surface area (Å²) < 4.78 is 16.8. The Balaban J connectivity index is 4.27. The first-order chi connectivity index (χ1) is 29.7. The molecule has 0 aliphatic heterocycles. The zero-order chi connectivity index (χ0) is 44.7. The van der Waals surface area contributed by atoms with Crippen molar-refractivity contribution in [3.8, 4) is 0 Å². The third-order valence-corrected chi connectivity index (χ3v) is 12.5. The number of carbonyl (C=O) groups is 3. The van der Waals surface area contributed by atoms with Crippen LogP contribution in [0.2, 0.25) is 0 Å². The molecule has 362 valence electrons. The minimum Gasteiger partial charge on any atom is -0.462 e. The highest BCUT2D eigenvalue weighted by molar-refractivity contribution is 5.71. The summed E-state index contributed by atoms with van der Waals surface area (Å²) in [5, 5.41) is 0. The molecule has 0 unspecified atom stereocenters. The third kappa shape index (κ3) is 49.3. The van der Waals surface area contributed by atoms with E-state index < -0.39 is 6.10 Å². The highest BCUT2D eigenvalue weighted by atomic mass is 16.6. The quantitative estimate of drug-likeness (QED) is 0.0344. The molecule has 0 N–H and O–H groups in total. The molecule has 0 saturated carbocycles. The molecule has 0 aliphatic rings. The van der Waals surface area contributed by atoms with E-state index >= 15 is 0 Å². The lowest BCUT2D eigenvalue weighted by Gasteiger charge is -2.18. The number of hydrogen-bond donors (Lipinski definition) is 0. The van der Waals surface area contributed by atoms with Crippen LogP contribution in [0.3, 0.4) is 0 Å². The summed E-state index contributed by atoms with van der Waals surface area (Å²) in [6, 6.07) is 0. The van der Waals surface area contributed by atoms with Gasteiger partial charge in [-0.2, -0.15) is 0 Å². The smallest absolute Gasteiger partial charge is 0.306 e. The number of ether oxygens (including phenoxy) is 3. The lowest BCUT2D eigenvalue weighted by atomic mass is 10.0. The van der Waals surface area contributed by atoms with Crippen molar-refractivity contribution in [2.75, 3.05) is 13.2 Å². The van der Waals surface area contributed by atoms with Crippen molar-refractivity contribution in [1.82, 2.24) is 0 Å². The van der Waals surface area contributed by atoms with Gasteiger partial charge in [-0.05, 0) is 31.1 Å². The molecule has 0 aromatic heterocycles. The van der Waals surface area contributed by atoms with Crippen molar-refractivity contribution in [3.05, 3.63) is 0 Å². The van der Waals surface area contributed by atoms with Gasteiger partial charge in [0.15, 0.2) is 6.10 Å². The van der Waals surface area contributed by atoms with Gasteiger partial charge in [0.1, 0.15) is 13.2 Å². The van der Waals surface area contributed by atoms with Crippen LogP contribution in [-0.2, 0) is 28.6 Å². The average Bonchev–Trinajstić information content (AvgIpc) is 3.23. The summed E-state index contributed by atoms with van der Waals surface area (Å²) >= 11 is 0. The van der Waals surface area contributed by atoms with Crippen LogP contribution in [0.25, 0.3) is 0 Å². The Morgan fingerprint density at radius 2 is 0.541 bits per heavy atom. The summed E-state index contributed by atoms with van der Waals surface area (Å²) in [6.45, 7) is 11.4. The van der Waals surface area contributed by atoms with E-state index in [1.165, 1.54) is 193 Å². The Kier molecular flexibility index (Phi) is 46.6. The summed E-state index contributed by atoms with van der Waals surface area (Å²) in [5.74, 6) is 0.792. The SMILES string of the molecule is CCCCCCCCCCCCCCCCCC(=O)OC[C@@H](COC(=O)CCCCCCCCCCCCCCCCC(C)C)OC(=O)CCCCCCCCCCC(C)C. The van der Waals surface area contributed by atoms with Crippen LogP contribution < -0.4 is 0 Å². The number of unbranched alkanes of at least 4 members (excludes halogenated alkanes) is 34. The van der Waals surface area contributed by atoms with Crippen LogP contribution in [0.5, 0.6) is 0 Å². The average molecular weight is 863 g/mol. The van der Waals surface area contributed by atoms with Gasteiger partial charge in [0.2, 0.25) is 0 Å². The standard InChI is InChI=1S/C55H106O6/c1-6-7-8-9-10-11-12-13-14-18-21-24-30-35-40-45-53(56)59-48-52(61-55(58)47-42-37-32-27-26-29-34-39-44-51(4)5)49-60-54(57)46-41-36-31-25-22-19-16-15-17-20-23-28-33-38-43-50(2)3/h50-52H,6-49H2,1-5H3/t52-/m0/s1. The van der Waals surface area contributed by atoms with Gasteiger partial charge in [-0.25, -0.2) is 0 Å². The number of hydrogen-bond acceptors (Lipinski definition) is 6. The Labute approximate surface area is 380 Å². The van der Waals surface area contributed by atoms with E-state index in [2.05, 4.69) is 34.6 Å². The first kappa shape index (κ1) is 59.4. The molecular weight excluding hydrogens is 757 g/mol. The summed E-state index contributed by atoms with van der Waals surface area (Å²) in [7, 11) is 0. The van der Waals surface area contributed by atoms with Crippen molar-refractivity contribution in [2.24, 2.45) is 11.8 Å². The molecule has 0 aromatic carbocycles. The largest absolute Gasteiger partial charge is 0.462 e. The summed E-state index contributed by atoms with van der Waals surface area (Å²) in [6.07, 6.45) is 49.5. The second-order valence-corrected chi connectivity index (χ2v) is 19.8. The summed E-state index contributed by atoms with van der Waals surface area (Å²) in [5.41, 5.74) is 0. The second kappa shape index (κ2) is 47.9. The van der Waals surface area contributed by atoms with Crippen LogP contribution in [0.15, 0.2) is 0 Å². The molecule has 0 amide bonds. The van der Waals surface area contributed by atoms with E-state index in [1.54, 1.807) is 0 Å². The van der Waals surface area contributed by atoms with Gasteiger partial charge >= 0.3 is 17.9 Å². The molecule has 0 fully saturated rings. The zero-order valence-corrected chi connectivity index (χ0v) is 41.8. The lowest BCUT2D eigenvalue weighted by molar-refractivity contribution is -0.167. The second-order valence-electron chi connectivity index (χ2n) is 19.8. The fraction of sp³-hybridized carbons (Fsp3) is 0.945. The maximum atomic E-state index is 12.8. The molecule has 0 heterocycles. The number of esters is 3. The van der Waals surface area contributed by atoms with Crippen molar-refractivity contribution < 1.29 is 28.6 Å². The van der Waals surface area contributed by atoms with Gasteiger partial charge in [0.25, 0.3) is 0 Å². The number of carbonyl (C=O) groups excluding carboxylic acids is 3. The first-order valence-electron chi connectivity index (χ1n) is 27.2. The van der Waals surface area contributed by atoms with Crippen LogP contribution in [0, 0.1) is 11.8 Å². The molecule has 6 heteroatoms. The van der Waals surface area contributed by atoms with E-state index in [1.807, 2.05) is 0 Å². The van der Waals surface area contributed by atoms with Gasteiger partial charge in [0.05, 0.1) is 0 Å². The van der Waals surface area contributed by atoms with Crippen molar-refractivity contribution >= 4 is 17.9 Å². The minimum atomic E-state index is -0.762. The molecule has 0 radical (unpaired) electrons. The van der Waals surface area contributed by atoms with Gasteiger partial charge in [-0.15, -0.1) is 0 Å². The maximum Gasteiger partial charge on any atom is 0.306 e. The summed E-state index contributed by atoms with van der Waals surface area (Å²) in [4.78, 5) is 38.0. The van der Waals surface area contributed by atoms with Crippen molar-refractivity contribution in [1.29, 1.82) is 0 Å². The lowest BCUT2D eigenvalue weighted by Crippen LogP contribution is -2.30. The molecule has 61 heavy (non-hydrogen) atoms. The monoisotopic (exact) mass is 863 g/mol. The molecule has 1 atom stereocenters.